The third kappa shape index (κ3) is 3.10. The van der Waals surface area contributed by atoms with Gasteiger partial charge >= 0.3 is 5.97 Å². The molecule has 0 aliphatic heterocycles. The lowest BCUT2D eigenvalue weighted by Gasteiger charge is -2.07. The largest absolute Gasteiger partial charge is 0.477 e. The van der Waals surface area contributed by atoms with Crippen LogP contribution in [0.4, 0.5) is 5.69 Å². The summed E-state index contributed by atoms with van der Waals surface area (Å²) in [4.78, 5) is 12.2. The van der Waals surface area contributed by atoms with Crippen molar-refractivity contribution in [2.24, 2.45) is 0 Å². The molecular weight excluding hydrogens is 296 g/mol. The highest BCUT2D eigenvalue weighted by atomic mass is 35.5. The van der Waals surface area contributed by atoms with Crippen LogP contribution in [0, 0.1) is 18.3 Å². The van der Waals surface area contributed by atoms with Crippen LogP contribution >= 0.6 is 22.9 Å². The fourth-order valence-corrected chi connectivity index (χ4v) is 2.82. The summed E-state index contributed by atoms with van der Waals surface area (Å²) < 4.78 is 0. The van der Waals surface area contributed by atoms with Crippen LogP contribution in [0.1, 0.15) is 25.7 Å². The summed E-state index contributed by atoms with van der Waals surface area (Å²) in [6, 6.07) is 8.76. The van der Waals surface area contributed by atoms with E-state index in [1.54, 1.807) is 24.3 Å². The second-order valence-electron chi connectivity index (χ2n) is 4.16. The molecule has 2 N–H and O–H groups in total. The van der Waals surface area contributed by atoms with E-state index in [1.165, 1.54) is 11.3 Å². The predicted octanol–water partition coefficient (Wildman–Crippen LogP) is 3.89. The molecule has 2 rings (SSSR count). The molecule has 0 amide bonds. The number of halogens is 1. The van der Waals surface area contributed by atoms with E-state index in [1.807, 2.05) is 13.0 Å². The van der Waals surface area contributed by atoms with Gasteiger partial charge in [0.05, 0.1) is 10.6 Å². The van der Waals surface area contributed by atoms with Gasteiger partial charge in [-0.15, -0.1) is 11.3 Å². The summed E-state index contributed by atoms with van der Waals surface area (Å²) in [5.74, 6) is -0.911. The van der Waals surface area contributed by atoms with Gasteiger partial charge in [0.25, 0.3) is 0 Å². The second kappa shape index (κ2) is 5.95. The lowest BCUT2D eigenvalue weighted by atomic mass is 10.2. The maximum Gasteiger partial charge on any atom is 0.345 e. The number of nitriles is 1. The minimum atomic E-state index is -0.911. The van der Waals surface area contributed by atoms with Gasteiger partial charge in [-0.1, -0.05) is 11.6 Å². The van der Waals surface area contributed by atoms with Gasteiger partial charge in [-0.25, -0.2) is 4.79 Å². The number of carboxylic acid groups (broad SMARTS) is 1. The van der Waals surface area contributed by atoms with Crippen molar-refractivity contribution < 1.29 is 9.90 Å². The Morgan fingerprint density at radius 2 is 2.25 bits per heavy atom. The summed E-state index contributed by atoms with van der Waals surface area (Å²) in [5.41, 5.74) is 2.15. The topological polar surface area (TPSA) is 73.1 Å². The summed E-state index contributed by atoms with van der Waals surface area (Å²) >= 11 is 7.21. The molecule has 0 aliphatic carbocycles. The van der Waals surface area contributed by atoms with Gasteiger partial charge in [0.15, 0.2) is 0 Å². The fraction of sp³-hybridized carbons (Fsp3) is 0.143. The Balaban J connectivity index is 2.11. The first-order chi connectivity index (χ1) is 9.51. The van der Waals surface area contributed by atoms with Gasteiger partial charge in [-0.05, 0) is 36.8 Å². The average molecular weight is 307 g/mol. The molecule has 4 nitrogen and oxygen atoms in total. The molecule has 0 spiro atoms. The summed E-state index contributed by atoms with van der Waals surface area (Å²) in [7, 11) is 0. The number of nitrogens with one attached hydrogen (secondary N) is 1. The highest BCUT2D eigenvalue weighted by Gasteiger charge is 2.11. The minimum absolute atomic E-state index is 0.331. The Morgan fingerprint density at radius 1 is 1.50 bits per heavy atom. The maximum absolute atomic E-state index is 10.9. The SMILES string of the molecule is Cc1sc(C(=O)O)cc1CNc1ccc(C#N)c(Cl)c1. The van der Waals surface area contributed by atoms with Crippen LogP contribution in [-0.2, 0) is 6.54 Å². The number of aryl methyl sites for hydroxylation is 1. The Kier molecular flexibility index (Phi) is 4.28. The van der Waals surface area contributed by atoms with Crippen molar-refractivity contribution in [2.75, 3.05) is 5.32 Å². The first-order valence-electron chi connectivity index (χ1n) is 5.77. The van der Waals surface area contributed by atoms with E-state index < -0.39 is 5.97 Å². The number of carbonyl (C=O) groups is 1. The van der Waals surface area contributed by atoms with E-state index in [0.29, 0.717) is 22.0 Å². The number of rotatable bonds is 4. The summed E-state index contributed by atoms with van der Waals surface area (Å²) in [6.45, 7) is 2.40. The molecule has 6 heteroatoms. The number of carboxylic acids is 1. The van der Waals surface area contributed by atoms with Gasteiger partial charge in [0.2, 0.25) is 0 Å². The molecule has 0 atom stereocenters. The van der Waals surface area contributed by atoms with Crippen molar-refractivity contribution in [3.05, 3.63) is 50.2 Å². The van der Waals surface area contributed by atoms with Crippen LogP contribution < -0.4 is 5.32 Å². The van der Waals surface area contributed by atoms with Gasteiger partial charge in [0, 0.05) is 17.1 Å². The molecule has 0 unspecified atom stereocenters. The number of nitrogens with zero attached hydrogens (tertiary/aromatic N) is 1. The molecule has 1 heterocycles. The molecule has 1 aromatic carbocycles. The second-order valence-corrected chi connectivity index (χ2v) is 5.82. The molecular formula is C14H11ClN2O2S. The number of aromatic carboxylic acids is 1. The van der Waals surface area contributed by atoms with Gasteiger partial charge in [0.1, 0.15) is 10.9 Å². The Labute approximate surface area is 125 Å². The van der Waals surface area contributed by atoms with Crippen molar-refractivity contribution >= 4 is 34.6 Å². The van der Waals surface area contributed by atoms with Gasteiger partial charge in [-0.2, -0.15) is 5.26 Å². The molecule has 0 radical (unpaired) electrons. The highest BCUT2D eigenvalue weighted by molar-refractivity contribution is 7.14. The molecule has 0 bridgehead atoms. The first-order valence-corrected chi connectivity index (χ1v) is 6.97. The highest BCUT2D eigenvalue weighted by Crippen LogP contribution is 2.24. The van der Waals surface area contributed by atoms with Crippen molar-refractivity contribution in [3.8, 4) is 6.07 Å². The average Bonchev–Trinajstić information content (AvgIpc) is 2.78. The molecule has 0 saturated heterocycles. The van der Waals surface area contributed by atoms with Crippen molar-refractivity contribution in [1.82, 2.24) is 0 Å². The van der Waals surface area contributed by atoms with E-state index in [4.69, 9.17) is 22.0 Å². The minimum Gasteiger partial charge on any atom is -0.477 e. The summed E-state index contributed by atoms with van der Waals surface area (Å²) in [6.07, 6.45) is 0. The van der Waals surface area contributed by atoms with E-state index in [2.05, 4.69) is 5.32 Å². The maximum atomic E-state index is 10.9. The van der Waals surface area contributed by atoms with Crippen LogP contribution in [-0.4, -0.2) is 11.1 Å². The molecule has 0 aliphatic rings. The zero-order valence-corrected chi connectivity index (χ0v) is 12.2. The zero-order valence-electron chi connectivity index (χ0n) is 10.6. The fourth-order valence-electron chi connectivity index (χ4n) is 1.71. The van der Waals surface area contributed by atoms with Gasteiger partial charge in [-0.3, -0.25) is 0 Å². The van der Waals surface area contributed by atoms with Crippen molar-refractivity contribution in [3.63, 3.8) is 0 Å². The number of benzene rings is 1. The molecule has 2 aromatic rings. The zero-order chi connectivity index (χ0) is 14.7. The Bertz CT molecular complexity index is 704. The molecule has 0 saturated carbocycles. The molecule has 20 heavy (non-hydrogen) atoms. The number of anilines is 1. The lowest BCUT2D eigenvalue weighted by Crippen LogP contribution is -2.00. The molecule has 1 aromatic heterocycles. The predicted molar refractivity (Wildman–Crippen MR) is 79.5 cm³/mol. The van der Waals surface area contributed by atoms with E-state index in [9.17, 15) is 4.79 Å². The van der Waals surface area contributed by atoms with E-state index in [0.717, 1.165) is 16.1 Å². The quantitative estimate of drug-likeness (QED) is 0.898. The third-order valence-corrected chi connectivity index (χ3v) is 4.20. The lowest BCUT2D eigenvalue weighted by molar-refractivity contribution is 0.0702. The molecule has 0 fully saturated rings. The number of hydrogen-bond donors (Lipinski definition) is 2. The van der Waals surface area contributed by atoms with Crippen molar-refractivity contribution in [1.29, 1.82) is 5.26 Å². The first kappa shape index (κ1) is 14.4. The number of hydrogen-bond acceptors (Lipinski definition) is 4. The van der Waals surface area contributed by atoms with Crippen LogP contribution in [0.15, 0.2) is 24.3 Å². The monoisotopic (exact) mass is 306 g/mol. The van der Waals surface area contributed by atoms with Crippen LogP contribution in [0.2, 0.25) is 5.02 Å². The standard InChI is InChI=1S/C14H11ClN2O2S/c1-8-10(4-13(20-8)14(18)19)7-17-11-3-2-9(6-16)12(15)5-11/h2-5,17H,7H2,1H3,(H,18,19). The Hall–Kier alpha value is -2.03. The molecule has 102 valence electrons. The van der Waals surface area contributed by atoms with E-state index in [-0.39, 0.29) is 0 Å². The van der Waals surface area contributed by atoms with Crippen LogP contribution in [0.3, 0.4) is 0 Å². The van der Waals surface area contributed by atoms with Crippen LogP contribution in [0.5, 0.6) is 0 Å². The van der Waals surface area contributed by atoms with Gasteiger partial charge < -0.3 is 10.4 Å². The van der Waals surface area contributed by atoms with E-state index >= 15 is 0 Å². The third-order valence-electron chi connectivity index (χ3n) is 2.80. The summed E-state index contributed by atoms with van der Waals surface area (Å²) in [5, 5.41) is 21.3. The number of thiophene rings is 1. The van der Waals surface area contributed by atoms with Crippen molar-refractivity contribution in [2.45, 2.75) is 13.5 Å². The Morgan fingerprint density at radius 3 is 2.80 bits per heavy atom. The smallest absolute Gasteiger partial charge is 0.345 e. The van der Waals surface area contributed by atoms with Crippen LogP contribution in [0.25, 0.3) is 0 Å². The normalized spacial score (nSPS) is 10.1.